The summed E-state index contributed by atoms with van der Waals surface area (Å²) in [5, 5.41) is 2.69. The molecule has 0 fully saturated rings. The van der Waals surface area contributed by atoms with Gasteiger partial charge >= 0.3 is 5.97 Å². The number of hydrogen-bond donors (Lipinski definition) is 1. The molecule has 86 valence electrons. The summed E-state index contributed by atoms with van der Waals surface area (Å²) in [5.74, 6) is -0.907. The van der Waals surface area contributed by atoms with Gasteiger partial charge in [0.15, 0.2) is 0 Å². The predicted molar refractivity (Wildman–Crippen MR) is 58.2 cm³/mol. The first-order valence-electron chi connectivity index (χ1n) is 4.55. The third-order valence-electron chi connectivity index (χ3n) is 1.89. The van der Waals surface area contributed by atoms with Gasteiger partial charge in [0.2, 0.25) is 0 Å². The molecule has 6 heteroatoms. The average Bonchev–Trinajstić information content (AvgIpc) is 2.27. The molecule has 0 aliphatic rings. The number of rotatable bonds is 3. The molecule has 0 saturated heterocycles. The van der Waals surface area contributed by atoms with E-state index in [1.54, 1.807) is 0 Å². The second-order valence-electron chi connectivity index (χ2n) is 3.09. The van der Waals surface area contributed by atoms with Gasteiger partial charge in [-0.15, -0.1) is 0 Å². The van der Waals surface area contributed by atoms with Gasteiger partial charge in [0.1, 0.15) is 11.2 Å². The molecule has 0 saturated carbocycles. The van der Waals surface area contributed by atoms with Crippen molar-refractivity contribution in [2.45, 2.75) is 13.0 Å². The Hall–Kier alpha value is -1.62. The van der Waals surface area contributed by atoms with Gasteiger partial charge in [-0.3, -0.25) is 4.79 Å². The van der Waals surface area contributed by atoms with Gasteiger partial charge < -0.3 is 10.1 Å². The van der Waals surface area contributed by atoms with Crippen molar-refractivity contribution < 1.29 is 14.3 Å². The standard InChI is InChI=1S/C10H11ClN2O3/c1-6(10(15)16-2)13-9(14)7-3-4-12-8(11)5-7/h3-6H,1-2H3,(H,13,14)/t6-/m0/s1. The summed E-state index contributed by atoms with van der Waals surface area (Å²) >= 11 is 5.63. The Bertz CT molecular complexity index is 409. The van der Waals surface area contributed by atoms with Gasteiger partial charge in [-0.05, 0) is 19.1 Å². The molecule has 1 amide bonds. The molecule has 0 radical (unpaired) electrons. The molecule has 0 spiro atoms. The number of amides is 1. The first kappa shape index (κ1) is 12.4. The number of ether oxygens (including phenoxy) is 1. The van der Waals surface area contributed by atoms with Gasteiger partial charge in [-0.25, -0.2) is 9.78 Å². The number of nitrogens with zero attached hydrogens (tertiary/aromatic N) is 1. The number of nitrogens with one attached hydrogen (secondary N) is 1. The van der Waals surface area contributed by atoms with E-state index in [1.165, 1.54) is 32.4 Å². The molecule has 1 heterocycles. The van der Waals surface area contributed by atoms with Crippen molar-refractivity contribution in [2.24, 2.45) is 0 Å². The van der Waals surface area contributed by atoms with Gasteiger partial charge in [0.05, 0.1) is 7.11 Å². The van der Waals surface area contributed by atoms with E-state index in [9.17, 15) is 9.59 Å². The quantitative estimate of drug-likeness (QED) is 0.635. The zero-order valence-electron chi connectivity index (χ0n) is 8.86. The van der Waals surface area contributed by atoms with Crippen molar-refractivity contribution in [3.8, 4) is 0 Å². The Labute approximate surface area is 97.8 Å². The Morgan fingerprint density at radius 1 is 1.56 bits per heavy atom. The van der Waals surface area contributed by atoms with Crippen molar-refractivity contribution in [2.75, 3.05) is 7.11 Å². The van der Waals surface area contributed by atoms with Gasteiger partial charge in [-0.2, -0.15) is 0 Å². The van der Waals surface area contributed by atoms with Gasteiger partial charge in [0.25, 0.3) is 5.91 Å². The van der Waals surface area contributed by atoms with Crippen molar-refractivity contribution in [1.82, 2.24) is 10.3 Å². The van der Waals surface area contributed by atoms with Crippen molar-refractivity contribution in [3.05, 3.63) is 29.0 Å². The van der Waals surface area contributed by atoms with Crippen molar-refractivity contribution >= 4 is 23.5 Å². The zero-order chi connectivity index (χ0) is 12.1. The summed E-state index contributed by atoms with van der Waals surface area (Å²) in [6.45, 7) is 1.53. The molecule has 0 bridgehead atoms. The molecule has 0 unspecified atom stereocenters. The fraction of sp³-hybridized carbons (Fsp3) is 0.300. The van der Waals surface area contributed by atoms with Crippen LogP contribution in [0.25, 0.3) is 0 Å². The Morgan fingerprint density at radius 2 is 2.25 bits per heavy atom. The Kier molecular flexibility index (Phi) is 4.25. The highest BCUT2D eigenvalue weighted by Gasteiger charge is 2.16. The molecule has 1 rings (SSSR count). The predicted octanol–water partition coefficient (Wildman–Crippen LogP) is 1.03. The highest BCUT2D eigenvalue weighted by atomic mass is 35.5. The fourth-order valence-corrected chi connectivity index (χ4v) is 1.23. The molecule has 0 aliphatic heterocycles. The molecule has 1 N–H and O–H groups in total. The summed E-state index contributed by atoms with van der Waals surface area (Å²) < 4.78 is 4.48. The number of carbonyl (C=O) groups is 2. The maximum Gasteiger partial charge on any atom is 0.328 e. The van der Waals surface area contributed by atoms with Gasteiger partial charge in [0, 0.05) is 11.8 Å². The molecule has 0 aliphatic carbocycles. The van der Waals surface area contributed by atoms with E-state index < -0.39 is 17.9 Å². The monoisotopic (exact) mass is 242 g/mol. The highest BCUT2D eigenvalue weighted by molar-refractivity contribution is 6.29. The smallest absolute Gasteiger partial charge is 0.328 e. The molecular formula is C10H11ClN2O3. The number of esters is 1. The number of halogens is 1. The van der Waals surface area contributed by atoms with Gasteiger partial charge in [-0.1, -0.05) is 11.6 Å². The minimum atomic E-state index is -0.704. The lowest BCUT2D eigenvalue weighted by molar-refractivity contribution is -0.142. The van der Waals surface area contributed by atoms with E-state index >= 15 is 0 Å². The summed E-state index contributed by atoms with van der Waals surface area (Å²) in [5.41, 5.74) is 0.343. The van der Waals surface area contributed by atoms with E-state index in [1.807, 2.05) is 0 Å². The van der Waals surface area contributed by atoms with E-state index in [-0.39, 0.29) is 5.15 Å². The van der Waals surface area contributed by atoms with Crippen LogP contribution in [0, 0.1) is 0 Å². The lowest BCUT2D eigenvalue weighted by Crippen LogP contribution is -2.39. The average molecular weight is 243 g/mol. The number of hydrogen-bond acceptors (Lipinski definition) is 4. The van der Waals surface area contributed by atoms with Crippen molar-refractivity contribution in [1.29, 1.82) is 0 Å². The van der Waals surface area contributed by atoms with E-state index in [2.05, 4.69) is 15.0 Å². The fourth-order valence-electron chi connectivity index (χ4n) is 1.06. The van der Waals surface area contributed by atoms with Crippen LogP contribution in [0.2, 0.25) is 5.15 Å². The molecule has 16 heavy (non-hydrogen) atoms. The maximum atomic E-state index is 11.6. The highest BCUT2D eigenvalue weighted by Crippen LogP contribution is 2.07. The van der Waals surface area contributed by atoms with Crippen LogP contribution in [-0.4, -0.2) is 30.0 Å². The molecule has 1 aromatic heterocycles. The summed E-state index contributed by atoms with van der Waals surface area (Å²) in [7, 11) is 1.26. The van der Waals surface area contributed by atoms with Crippen LogP contribution in [0.3, 0.4) is 0 Å². The third-order valence-corrected chi connectivity index (χ3v) is 2.10. The first-order chi connectivity index (χ1) is 7.54. The second kappa shape index (κ2) is 5.46. The first-order valence-corrected chi connectivity index (χ1v) is 4.92. The van der Waals surface area contributed by atoms with E-state index in [0.717, 1.165) is 0 Å². The Morgan fingerprint density at radius 3 is 2.81 bits per heavy atom. The number of aromatic nitrogens is 1. The largest absolute Gasteiger partial charge is 0.467 e. The topological polar surface area (TPSA) is 68.3 Å². The minimum absolute atomic E-state index is 0.221. The van der Waals surface area contributed by atoms with Crippen LogP contribution in [0.1, 0.15) is 17.3 Å². The van der Waals surface area contributed by atoms with E-state index in [0.29, 0.717) is 5.56 Å². The second-order valence-corrected chi connectivity index (χ2v) is 3.47. The van der Waals surface area contributed by atoms with Crippen LogP contribution in [0.15, 0.2) is 18.3 Å². The molecular weight excluding hydrogens is 232 g/mol. The SMILES string of the molecule is COC(=O)[C@H](C)NC(=O)c1ccnc(Cl)c1. The van der Waals surface area contributed by atoms with Crippen LogP contribution >= 0.6 is 11.6 Å². The van der Waals surface area contributed by atoms with Crippen LogP contribution in [0.4, 0.5) is 0 Å². The number of pyridine rings is 1. The van der Waals surface area contributed by atoms with Crippen LogP contribution in [-0.2, 0) is 9.53 Å². The van der Waals surface area contributed by atoms with Crippen LogP contribution < -0.4 is 5.32 Å². The summed E-state index contributed by atoms with van der Waals surface area (Å²) in [4.78, 5) is 26.4. The van der Waals surface area contributed by atoms with Crippen molar-refractivity contribution in [3.63, 3.8) is 0 Å². The minimum Gasteiger partial charge on any atom is -0.467 e. The normalized spacial score (nSPS) is 11.7. The maximum absolute atomic E-state index is 11.6. The molecule has 1 atom stereocenters. The number of methoxy groups -OCH3 is 1. The summed E-state index contributed by atoms with van der Waals surface area (Å²) in [6, 6.07) is 2.22. The van der Waals surface area contributed by atoms with E-state index in [4.69, 9.17) is 11.6 Å². The Balaban J connectivity index is 2.69. The lowest BCUT2D eigenvalue weighted by atomic mass is 10.2. The molecule has 0 aromatic carbocycles. The zero-order valence-corrected chi connectivity index (χ0v) is 9.62. The molecule has 5 nitrogen and oxygen atoms in total. The lowest BCUT2D eigenvalue weighted by Gasteiger charge is -2.11. The molecule has 1 aromatic rings. The van der Waals surface area contributed by atoms with Crippen LogP contribution in [0.5, 0.6) is 0 Å². The summed E-state index contributed by atoms with van der Waals surface area (Å²) in [6.07, 6.45) is 1.42. The number of carbonyl (C=O) groups excluding carboxylic acids is 2. The third kappa shape index (κ3) is 3.20.